The van der Waals surface area contributed by atoms with Gasteiger partial charge < -0.3 is 25.2 Å². The number of rotatable bonds is 2. The summed E-state index contributed by atoms with van der Waals surface area (Å²) >= 11 is 0. The van der Waals surface area contributed by atoms with Crippen molar-refractivity contribution in [1.29, 1.82) is 0 Å². The minimum absolute atomic E-state index is 0.108. The standard InChI is InChI=1S/C21H32O6/c1-20-7-15(24)14(23)6-10(20)2-3-11-12-4-5-13(16(25)9-22)21(12)8-17(18(11)20)27-19(21)26/h10-15,17-19,22-24,26H,2-9H2,1H3/t10-,11-,12-,13-,14?,15?,17?,18+,19?,20-,21+/m0/s1. The van der Waals surface area contributed by atoms with Crippen LogP contribution >= 0.6 is 0 Å². The summed E-state index contributed by atoms with van der Waals surface area (Å²) in [6.07, 6.45) is 3.18. The first-order valence-corrected chi connectivity index (χ1v) is 10.7. The Kier molecular flexibility index (Phi) is 4.10. The van der Waals surface area contributed by atoms with Crippen LogP contribution < -0.4 is 0 Å². The summed E-state index contributed by atoms with van der Waals surface area (Å²) in [6.45, 7) is 1.78. The van der Waals surface area contributed by atoms with Crippen LogP contribution in [0.5, 0.6) is 0 Å². The van der Waals surface area contributed by atoms with Gasteiger partial charge in [0, 0.05) is 11.3 Å². The monoisotopic (exact) mass is 380 g/mol. The number of Topliss-reactive ketones (excluding diaryl/α,β-unsaturated/α-hetero) is 1. The maximum atomic E-state index is 12.4. The number of ether oxygens (including phenoxy) is 1. The van der Waals surface area contributed by atoms with E-state index in [2.05, 4.69) is 6.92 Å². The van der Waals surface area contributed by atoms with Gasteiger partial charge in [-0.3, -0.25) is 4.79 Å². The Morgan fingerprint density at radius 3 is 2.59 bits per heavy atom. The van der Waals surface area contributed by atoms with Crippen molar-refractivity contribution in [3.05, 3.63) is 0 Å². The molecule has 4 unspecified atom stereocenters. The summed E-state index contributed by atoms with van der Waals surface area (Å²) in [5, 5.41) is 41.0. The SMILES string of the molecule is C[C@]12CC(O)C(O)C[C@@H]1CC[C@@H]1[C@@H]2C2C[C@]3(C(O)O2)[C@H](C(=O)CO)CC[C@@H]13. The van der Waals surface area contributed by atoms with Gasteiger partial charge in [0.05, 0.1) is 18.3 Å². The lowest BCUT2D eigenvalue weighted by Crippen LogP contribution is -2.60. The Bertz CT molecular complexity index is 638. The minimum atomic E-state index is -0.942. The molecule has 1 spiro atoms. The van der Waals surface area contributed by atoms with E-state index in [0.29, 0.717) is 31.1 Å². The van der Waals surface area contributed by atoms with E-state index in [0.717, 1.165) is 25.7 Å². The molecule has 2 bridgehead atoms. The molecule has 5 aliphatic rings. The van der Waals surface area contributed by atoms with Crippen molar-refractivity contribution in [3.8, 4) is 0 Å². The molecule has 4 saturated carbocycles. The molecule has 152 valence electrons. The second kappa shape index (κ2) is 5.99. The Hall–Kier alpha value is -0.530. The van der Waals surface area contributed by atoms with Crippen LogP contribution in [0.1, 0.15) is 51.9 Å². The molecular formula is C21H32O6. The fourth-order valence-corrected chi connectivity index (χ4v) is 8.52. The lowest BCUT2D eigenvalue weighted by Gasteiger charge is -2.60. The van der Waals surface area contributed by atoms with Crippen LogP contribution in [-0.2, 0) is 9.53 Å². The molecule has 0 aromatic carbocycles. The molecule has 0 aromatic rings. The van der Waals surface area contributed by atoms with E-state index in [4.69, 9.17) is 4.74 Å². The molecule has 5 rings (SSSR count). The largest absolute Gasteiger partial charge is 0.390 e. The lowest BCUT2D eigenvalue weighted by atomic mass is 9.44. The fraction of sp³-hybridized carbons (Fsp3) is 0.952. The summed E-state index contributed by atoms with van der Waals surface area (Å²) in [7, 11) is 0. The summed E-state index contributed by atoms with van der Waals surface area (Å²) in [4.78, 5) is 12.4. The summed E-state index contributed by atoms with van der Waals surface area (Å²) in [5.41, 5.74) is -0.650. The highest BCUT2D eigenvalue weighted by Crippen LogP contribution is 2.71. The number of hydrogen-bond acceptors (Lipinski definition) is 6. The first-order valence-electron chi connectivity index (χ1n) is 10.7. The Labute approximate surface area is 159 Å². The van der Waals surface area contributed by atoms with Crippen molar-refractivity contribution in [1.82, 2.24) is 0 Å². The molecule has 0 radical (unpaired) electrons. The minimum Gasteiger partial charge on any atom is -0.390 e. The first kappa shape index (κ1) is 18.5. The Morgan fingerprint density at radius 1 is 1.07 bits per heavy atom. The van der Waals surface area contributed by atoms with Crippen molar-refractivity contribution in [2.45, 2.75) is 76.5 Å². The predicted molar refractivity (Wildman–Crippen MR) is 95.3 cm³/mol. The molecule has 1 saturated heterocycles. The van der Waals surface area contributed by atoms with Crippen LogP contribution in [0.3, 0.4) is 0 Å². The second-order valence-electron chi connectivity index (χ2n) is 10.2. The van der Waals surface area contributed by atoms with Crippen LogP contribution in [0.15, 0.2) is 0 Å². The normalized spacial score (nSPS) is 59.1. The summed E-state index contributed by atoms with van der Waals surface area (Å²) in [6, 6.07) is 0. The van der Waals surface area contributed by atoms with Gasteiger partial charge in [-0.25, -0.2) is 0 Å². The summed E-state index contributed by atoms with van der Waals surface area (Å²) < 4.78 is 6.14. The molecule has 1 heterocycles. The van der Waals surface area contributed by atoms with E-state index in [1.165, 1.54) is 0 Å². The quantitative estimate of drug-likeness (QED) is 0.566. The van der Waals surface area contributed by atoms with Crippen molar-refractivity contribution in [2.24, 2.45) is 40.4 Å². The number of carbonyl (C=O) groups is 1. The Morgan fingerprint density at radius 2 is 1.85 bits per heavy atom. The smallest absolute Gasteiger partial charge is 0.162 e. The predicted octanol–water partition coefficient (Wildman–Crippen LogP) is 0.846. The highest BCUT2D eigenvalue weighted by Gasteiger charge is 2.72. The van der Waals surface area contributed by atoms with Gasteiger partial charge >= 0.3 is 0 Å². The molecule has 6 heteroatoms. The van der Waals surface area contributed by atoms with Crippen LogP contribution in [0, 0.1) is 40.4 Å². The average molecular weight is 380 g/mol. The third kappa shape index (κ3) is 2.22. The third-order valence-corrected chi connectivity index (χ3v) is 9.51. The number of aliphatic hydroxyl groups is 4. The number of ketones is 1. The molecule has 0 amide bonds. The molecule has 5 fully saturated rings. The number of aliphatic hydroxyl groups excluding tert-OH is 4. The first-order chi connectivity index (χ1) is 12.8. The van der Waals surface area contributed by atoms with Crippen LogP contribution in [0.4, 0.5) is 0 Å². The van der Waals surface area contributed by atoms with E-state index in [9.17, 15) is 25.2 Å². The van der Waals surface area contributed by atoms with Crippen LogP contribution in [0.2, 0.25) is 0 Å². The van der Waals surface area contributed by atoms with Crippen LogP contribution in [-0.4, -0.2) is 57.4 Å². The molecule has 4 N–H and O–H groups in total. The number of carbonyl (C=O) groups excluding carboxylic acids is 1. The van der Waals surface area contributed by atoms with E-state index < -0.39 is 30.5 Å². The van der Waals surface area contributed by atoms with Gasteiger partial charge in [-0.15, -0.1) is 0 Å². The van der Waals surface area contributed by atoms with Gasteiger partial charge in [-0.05, 0) is 74.0 Å². The van der Waals surface area contributed by atoms with Crippen molar-refractivity contribution in [3.63, 3.8) is 0 Å². The highest BCUT2D eigenvalue weighted by atomic mass is 16.6. The molecule has 0 aromatic heterocycles. The molecule has 4 aliphatic carbocycles. The molecule has 6 nitrogen and oxygen atoms in total. The zero-order valence-corrected chi connectivity index (χ0v) is 16.0. The maximum absolute atomic E-state index is 12.4. The average Bonchev–Trinajstić information content (AvgIpc) is 3.15. The molecule has 11 atom stereocenters. The van der Waals surface area contributed by atoms with Crippen molar-refractivity contribution in [2.75, 3.05) is 6.61 Å². The van der Waals surface area contributed by atoms with E-state index >= 15 is 0 Å². The Balaban J connectivity index is 1.53. The van der Waals surface area contributed by atoms with E-state index in [-0.39, 0.29) is 35.1 Å². The zero-order chi connectivity index (χ0) is 19.1. The molecule has 27 heavy (non-hydrogen) atoms. The number of hydrogen-bond donors (Lipinski definition) is 4. The zero-order valence-electron chi connectivity index (χ0n) is 16.0. The van der Waals surface area contributed by atoms with Crippen molar-refractivity contribution < 1.29 is 30.0 Å². The van der Waals surface area contributed by atoms with Crippen LogP contribution in [0.25, 0.3) is 0 Å². The topological polar surface area (TPSA) is 107 Å². The van der Waals surface area contributed by atoms with Crippen molar-refractivity contribution >= 4 is 5.78 Å². The third-order valence-electron chi connectivity index (χ3n) is 9.51. The maximum Gasteiger partial charge on any atom is 0.162 e. The fourth-order valence-electron chi connectivity index (χ4n) is 8.52. The van der Waals surface area contributed by atoms with Gasteiger partial charge in [0.2, 0.25) is 0 Å². The number of fused-ring (bicyclic) bond motifs is 6. The van der Waals surface area contributed by atoms with Gasteiger partial charge in [0.25, 0.3) is 0 Å². The second-order valence-corrected chi connectivity index (χ2v) is 10.2. The van der Waals surface area contributed by atoms with Gasteiger partial charge in [0.1, 0.15) is 6.61 Å². The molecular weight excluding hydrogens is 348 g/mol. The van der Waals surface area contributed by atoms with E-state index in [1.54, 1.807) is 0 Å². The lowest BCUT2D eigenvalue weighted by molar-refractivity contribution is -0.176. The van der Waals surface area contributed by atoms with Gasteiger partial charge in [0.15, 0.2) is 12.1 Å². The highest BCUT2D eigenvalue weighted by molar-refractivity contribution is 5.83. The van der Waals surface area contributed by atoms with E-state index in [1.807, 2.05) is 0 Å². The van der Waals surface area contributed by atoms with Gasteiger partial charge in [-0.1, -0.05) is 6.92 Å². The summed E-state index contributed by atoms with van der Waals surface area (Å²) in [5.74, 6) is 0.756. The molecule has 1 aliphatic heterocycles. The van der Waals surface area contributed by atoms with Gasteiger partial charge in [-0.2, -0.15) is 0 Å².